The molecule has 0 saturated carbocycles. The standard InChI is InChI=1S/C16H14FN2O/c17-14-11-18-10-13(12-6-2-1-3-7-12)15(14)16(20)19-8-4-5-9-19/h1-3,6-7,11H,4-5,8-9H2. The third kappa shape index (κ3) is 2.29. The Balaban J connectivity index is 2.07. The Labute approximate surface area is 117 Å². The zero-order valence-corrected chi connectivity index (χ0v) is 11.0. The Bertz CT molecular complexity index is 622. The van der Waals surface area contributed by atoms with Crippen LogP contribution in [-0.2, 0) is 0 Å². The second-order valence-electron chi connectivity index (χ2n) is 4.83. The largest absolute Gasteiger partial charge is 0.339 e. The van der Waals surface area contributed by atoms with E-state index in [2.05, 4.69) is 11.2 Å². The zero-order valence-electron chi connectivity index (χ0n) is 11.0. The van der Waals surface area contributed by atoms with Crippen LogP contribution in [0.4, 0.5) is 4.39 Å². The van der Waals surface area contributed by atoms with E-state index in [0.717, 1.165) is 24.6 Å². The first-order valence-corrected chi connectivity index (χ1v) is 6.68. The van der Waals surface area contributed by atoms with Gasteiger partial charge in [-0.25, -0.2) is 4.39 Å². The van der Waals surface area contributed by atoms with Crippen molar-refractivity contribution in [1.29, 1.82) is 0 Å². The van der Waals surface area contributed by atoms with Crippen molar-refractivity contribution in [3.8, 4) is 11.1 Å². The number of amides is 1. The van der Waals surface area contributed by atoms with Gasteiger partial charge >= 0.3 is 0 Å². The highest BCUT2D eigenvalue weighted by Gasteiger charge is 2.25. The molecule has 4 heteroatoms. The number of pyridine rings is 1. The van der Waals surface area contributed by atoms with Gasteiger partial charge in [-0.3, -0.25) is 9.78 Å². The molecule has 0 bridgehead atoms. The van der Waals surface area contributed by atoms with E-state index >= 15 is 0 Å². The quantitative estimate of drug-likeness (QED) is 0.839. The van der Waals surface area contributed by atoms with Gasteiger partial charge in [-0.15, -0.1) is 0 Å². The summed E-state index contributed by atoms with van der Waals surface area (Å²) in [5.41, 5.74) is 1.26. The Hall–Kier alpha value is -2.23. The molecule has 1 fully saturated rings. The first kappa shape index (κ1) is 12.8. The SMILES string of the molecule is O=C(c1c(-c2ccccc2)[c]ncc1F)N1CCCC1. The van der Waals surface area contributed by atoms with Gasteiger partial charge in [-0.1, -0.05) is 30.3 Å². The van der Waals surface area contributed by atoms with E-state index in [9.17, 15) is 9.18 Å². The van der Waals surface area contributed by atoms with Crippen LogP contribution in [0.1, 0.15) is 23.2 Å². The van der Waals surface area contributed by atoms with Crippen LogP contribution in [0, 0.1) is 12.0 Å². The van der Waals surface area contributed by atoms with Gasteiger partial charge < -0.3 is 4.90 Å². The number of benzene rings is 1. The van der Waals surface area contributed by atoms with Crippen LogP contribution in [0.2, 0.25) is 0 Å². The second-order valence-corrected chi connectivity index (χ2v) is 4.83. The van der Waals surface area contributed by atoms with E-state index < -0.39 is 5.82 Å². The van der Waals surface area contributed by atoms with Crippen LogP contribution in [0.25, 0.3) is 11.1 Å². The van der Waals surface area contributed by atoms with Gasteiger partial charge in [-0.2, -0.15) is 0 Å². The lowest BCUT2D eigenvalue weighted by Gasteiger charge is -2.17. The number of carbonyl (C=O) groups is 1. The Morgan fingerprint density at radius 2 is 1.90 bits per heavy atom. The molecule has 1 saturated heterocycles. The molecule has 1 aromatic heterocycles. The van der Waals surface area contributed by atoms with E-state index in [1.54, 1.807) is 4.90 Å². The molecule has 0 unspecified atom stereocenters. The smallest absolute Gasteiger partial charge is 0.257 e. The van der Waals surface area contributed by atoms with Crippen LogP contribution in [0.5, 0.6) is 0 Å². The third-order valence-corrected chi connectivity index (χ3v) is 3.51. The number of hydrogen-bond donors (Lipinski definition) is 0. The fourth-order valence-electron chi connectivity index (χ4n) is 2.49. The van der Waals surface area contributed by atoms with E-state index in [1.165, 1.54) is 0 Å². The molecule has 1 aromatic carbocycles. The normalized spacial score (nSPS) is 14.6. The molecule has 101 valence electrons. The average Bonchev–Trinajstić information content (AvgIpc) is 3.01. The highest BCUT2D eigenvalue weighted by atomic mass is 19.1. The predicted molar refractivity (Wildman–Crippen MR) is 73.6 cm³/mol. The Morgan fingerprint density at radius 1 is 1.20 bits per heavy atom. The summed E-state index contributed by atoms with van der Waals surface area (Å²) in [7, 11) is 0. The van der Waals surface area contributed by atoms with Crippen molar-refractivity contribution in [2.45, 2.75) is 12.8 Å². The summed E-state index contributed by atoms with van der Waals surface area (Å²) in [5.74, 6) is -0.850. The highest BCUT2D eigenvalue weighted by molar-refractivity contribution is 6.00. The number of hydrogen-bond acceptors (Lipinski definition) is 2. The minimum atomic E-state index is -0.584. The predicted octanol–water partition coefficient (Wildman–Crippen LogP) is 2.92. The highest BCUT2D eigenvalue weighted by Crippen LogP contribution is 2.26. The molecule has 3 nitrogen and oxygen atoms in total. The van der Waals surface area contributed by atoms with E-state index in [1.807, 2.05) is 30.3 Å². The van der Waals surface area contributed by atoms with Crippen molar-refractivity contribution in [1.82, 2.24) is 9.88 Å². The number of aromatic nitrogens is 1. The van der Waals surface area contributed by atoms with E-state index in [4.69, 9.17) is 0 Å². The molecule has 0 N–H and O–H groups in total. The number of rotatable bonds is 2. The van der Waals surface area contributed by atoms with Gasteiger partial charge in [0, 0.05) is 18.7 Å². The minimum absolute atomic E-state index is 0.0769. The zero-order chi connectivity index (χ0) is 13.9. The maximum atomic E-state index is 14.1. The van der Waals surface area contributed by atoms with Crippen LogP contribution in [0.15, 0.2) is 36.5 Å². The fraction of sp³-hybridized carbons (Fsp3) is 0.250. The molecule has 2 aromatic rings. The fourth-order valence-corrected chi connectivity index (χ4v) is 2.49. The maximum Gasteiger partial charge on any atom is 0.257 e. The average molecular weight is 269 g/mol. The molecule has 1 radical (unpaired) electrons. The number of likely N-dealkylation sites (tertiary alicyclic amines) is 1. The summed E-state index contributed by atoms with van der Waals surface area (Å²) >= 11 is 0. The molecule has 1 amide bonds. The molecule has 3 rings (SSSR count). The lowest BCUT2D eigenvalue weighted by Crippen LogP contribution is -2.29. The number of carbonyl (C=O) groups excluding carboxylic acids is 1. The first-order valence-electron chi connectivity index (χ1n) is 6.68. The molecular weight excluding hydrogens is 255 g/mol. The summed E-state index contributed by atoms with van der Waals surface area (Å²) in [6.07, 6.45) is 5.76. The number of nitrogens with zero attached hydrogens (tertiary/aromatic N) is 2. The topological polar surface area (TPSA) is 33.2 Å². The van der Waals surface area contributed by atoms with Gasteiger partial charge in [0.2, 0.25) is 0 Å². The van der Waals surface area contributed by atoms with Gasteiger partial charge in [0.1, 0.15) is 0 Å². The summed E-state index contributed by atoms with van der Waals surface area (Å²) in [6.45, 7) is 1.38. The number of halogens is 1. The van der Waals surface area contributed by atoms with E-state index in [-0.39, 0.29) is 11.5 Å². The van der Waals surface area contributed by atoms with Gasteiger partial charge in [0.05, 0.1) is 18.0 Å². The van der Waals surface area contributed by atoms with Crippen LogP contribution >= 0.6 is 0 Å². The van der Waals surface area contributed by atoms with Gasteiger partial charge in [0.15, 0.2) is 5.82 Å². The molecule has 0 spiro atoms. The Kier molecular flexibility index (Phi) is 3.46. The van der Waals surface area contributed by atoms with Crippen molar-refractivity contribution in [3.05, 3.63) is 54.1 Å². The van der Waals surface area contributed by atoms with Crippen molar-refractivity contribution in [3.63, 3.8) is 0 Å². The maximum absolute atomic E-state index is 14.1. The summed E-state index contributed by atoms with van der Waals surface area (Å²) in [6, 6.07) is 9.22. The lowest BCUT2D eigenvalue weighted by molar-refractivity contribution is 0.0789. The van der Waals surface area contributed by atoms with Crippen molar-refractivity contribution >= 4 is 5.91 Å². The molecule has 0 aliphatic carbocycles. The molecule has 20 heavy (non-hydrogen) atoms. The van der Waals surface area contributed by atoms with Crippen molar-refractivity contribution in [2.75, 3.05) is 13.1 Å². The summed E-state index contributed by atoms with van der Waals surface area (Å²) in [5, 5.41) is 0. The van der Waals surface area contributed by atoms with Crippen LogP contribution in [-0.4, -0.2) is 28.9 Å². The molecule has 0 atom stereocenters. The molecule has 1 aliphatic heterocycles. The van der Waals surface area contributed by atoms with E-state index in [0.29, 0.717) is 18.7 Å². The first-order chi connectivity index (χ1) is 9.77. The van der Waals surface area contributed by atoms with Crippen LogP contribution in [0.3, 0.4) is 0 Å². The minimum Gasteiger partial charge on any atom is -0.339 e. The summed E-state index contributed by atoms with van der Waals surface area (Å²) in [4.78, 5) is 18.0. The molecule has 1 aliphatic rings. The Morgan fingerprint density at radius 3 is 2.60 bits per heavy atom. The van der Waals surface area contributed by atoms with Gasteiger partial charge in [0.25, 0.3) is 5.91 Å². The lowest BCUT2D eigenvalue weighted by atomic mass is 10.0. The molecule has 2 heterocycles. The third-order valence-electron chi connectivity index (χ3n) is 3.51. The van der Waals surface area contributed by atoms with Crippen LogP contribution < -0.4 is 0 Å². The summed E-state index contributed by atoms with van der Waals surface area (Å²) < 4.78 is 14.1. The van der Waals surface area contributed by atoms with Gasteiger partial charge in [-0.05, 0) is 18.4 Å². The molecular formula is C16H14FN2O. The van der Waals surface area contributed by atoms with Crippen molar-refractivity contribution in [2.24, 2.45) is 0 Å². The van der Waals surface area contributed by atoms with Crippen molar-refractivity contribution < 1.29 is 9.18 Å². The second kappa shape index (κ2) is 5.41. The monoisotopic (exact) mass is 269 g/mol.